The molecule has 148 valence electrons. The maximum Gasteiger partial charge on any atom is 0.252 e. The van der Waals surface area contributed by atoms with E-state index >= 15 is 0 Å². The van der Waals surface area contributed by atoms with Gasteiger partial charge in [0.15, 0.2) is 4.80 Å². The van der Waals surface area contributed by atoms with Crippen molar-refractivity contribution in [1.82, 2.24) is 8.87 Å². The van der Waals surface area contributed by atoms with Crippen molar-refractivity contribution in [3.63, 3.8) is 0 Å². The van der Waals surface area contributed by atoms with Crippen molar-refractivity contribution in [3.8, 4) is 0 Å². The summed E-state index contributed by atoms with van der Waals surface area (Å²) in [6.45, 7) is 0.599. The number of piperidine rings is 1. The Kier molecular flexibility index (Phi) is 5.45. The number of nitrogens with zero attached hydrogens (tertiary/aromatic N) is 3. The Labute approximate surface area is 175 Å². The summed E-state index contributed by atoms with van der Waals surface area (Å²) in [4.78, 5) is 17.7. The minimum atomic E-state index is -3.55. The highest BCUT2D eigenvalue weighted by Crippen LogP contribution is 2.27. The molecule has 0 spiro atoms. The fourth-order valence-corrected chi connectivity index (χ4v) is 7.27. The highest BCUT2D eigenvalue weighted by atomic mass is 35.5. The van der Waals surface area contributed by atoms with E-state index in [1.54, 1.807) is 23.6 Å². The van der Waals surface area contributed by atoms with Crippen LogP contribution in [0.3, 0.4) is 0 Å². The number of hydrogen-bond acceptors (Lipinski definition) is 5. The number of aromatic nitrogens is 1. The van der Waals surface area contributed by atoms with E-state index in [0.717, 1.165) is 10.2 Å². The zero-order valence-electron chi connectivity index (χ0n) is 15.0. The van der Waals surface area contributed by atoms with Crippen LogP contribution >= 0.6 is 34.3 Å². The number of aryl methyl sites for hydroxylation is 1. The van der Waals surface area contributed by atoms with E-state index in [-0.39, 0.29) is 12.5 Å². The van der Waals surface area contributed by atoms with Gasteiger partial charge >= 0.3 is 0 Å². The highest BCUT2D eigenvalue weighted by molar-refractivity contribution is 7.91. The summed E-state index contributed by atoms with van der Waals surface area (Å²) in [5.41, 5.74) is 0.950. The van der Waals surface area contributed by atoms with Crippen LogP contribution in [-0.2, 0) is 21.9 Å². The molecule has 1 unspecified atom stereocenters. The largest absolute Gasteiger partial charge is 0.319 e. The third-order valence-corrected chi connectivity index (χ3v) is 9.37. The Hall–Kier alpha value is -1.52. The molecule has 2 aromatic heterocycles. The number of halogens is 1. The zero-order chi connectivity index (χ0) is 19.9. The van der Waals surface area contributed by atoms with Gasteiger partial charge in [0.05, 0.1) is 16.1 Å². The number of thiazole rings is 1. The van der Waals surface area contributed by atoms with Gasteiger partial charge in [-0.1, -0.05) is 29.0 Å². The van der Waals surface area contributed by atoms with Crippen LogP contribution < -0.4 is 4.80 Å². The van der Waals surface area contributed by atoms with Crippen LogP contribution in [0.15, 0.2) is 44.9 Å². The molecule has 0 saturated carbocycles. The number of hydrogen-bond donors (Lipinski definition) is 0. The van der Waals surface area contributed by atoms with Crippen molar-refractivity contribution in [2.24, 2.45) is 18.0 Å². The molecular weight excluding hydrogens is 438 g/mol. The first-order valence-electron chi connectivity index (χ1n) is 8.73. The Morgan fingerprint density at radius 2 is 2.14 bits per heavy atom. The zero-order valence-corrected chi connectivity index (χ0v) is 18.2. The molecule has 0 bridgehead atoms. The van der Waals surface area contributed by atoms with Crippen LogP contribution in [0.25, 0.3) is 10.2 Å². The minimum Gasteiger partial charge on any atom is -0.319 e. The summed E-state index contributed by atoms with van der Waals surface area (Å²) < 4.78 is 30.0. The average molecular weight is 456 g/mol. The summed E-state index contributed by atoms with van der Waals surface area (Å²) >= 11 is 8.63. The van der Waals surface area contributed by atoms with Crippen LogP contribution in [0, 0.1) is 5.92 Å². The minimum absolute atomic E-state index is 0.170. The lowest BCUT2D eigenvalue weighted by molar-refractivity contribution is -0.122. The van der Waals surface area contributed by atoms with Gasteiger partial charge < -0.3 is 4.57 Å². The van der Waals surface area contributed by atoms with Crippen molar-refractivity contribution in [3.05, 3.63) is 45.5 Å². The number of amides is 1. The standard InChI is InChI=1S/C18H18ClN3O3S3/c1-21-14-7-6-13(19)10-15(14)27-18(21)20-17(23)12-4-2-8-22(11-12)28(24,25)16-5-3-9-26-16/h3,5-7,9-10,12H,2,4,8,11H2,1H3. The van der Waals surface area contributed by atoms with Gasteiger partial charge in [0.25, 0.3) is 15.9 Å². The van der Waals surface area contributed by atoms with Gasteiger partial charge in [-0.3, -0.25) is 4.79 Å². The Balaban J connectivity index is 1.60. The van der Waals surface area contributed by atoms with Crippen LogP contribution in [0.1, 0.15) is 12.8 Å². The summed E-state index contributed by atoms with van der Waals surface area (Å²) in [5, 5.41) is 2.37. The SMILES string of the molecule is Cn1c(=NC(=O)C2CCCN(S(=O)(=O)c3cccs3)C2)sc2cc(Cl)ccc21. The van der Waals surface area contributed by atoms with Crippen molar-refractivity contribution in [2.75, 3.05) is 13.1 Å². The monoisotopic (exact) mass is 455 g/mol. The molecular formula is C18H18ClN3O3S3. The summed E-state index contributed by atoms with van der Waals surface area (Å²) in [5.74, 6) is -0.711. The second-order valence-electron chi connectivity index (χ2n) is 6.64. The number of fused-ring (bicyclic) bond motifs is 1. The maximum atomic E-state index is 12.8. The molecule has 0 N–H and O–H groups in total. The number of rotatable bonds is 3. The summed E-state index contributed by atoms with van der Waals surface area (Å²) in [7, 11) is -1.70. The van der Waals surface area contributed by atoms with Gasteiger partial charge in [-0.25, -0.2) is 8.42 Å². The van der Waals surface area contributed by atoms with Crippen LogP contribution in [0.2, 0.25) is 5.02 Å². The molecule has 3 aromatic rings. The van der Waals surface area contributed by atoms with Gasteiger partial charge in [0, 0.05) is 25.2 Å². The first kappa shape index (κ1) is 19.8. The number of sulfonamides is 1. The number of carbonyl (C=O) groups excluding carboxylic acids is 1. The first-order chi connectivity index (χ1) is 13.4. The Morgan fingerprint density at radius 1 is 1.32 bits per heavy atom. The van der Waals surface area contributed by atoms with Gasteiger partial charge in [-0.05, 0) is 42.5 Å². The third kappa shape index (κ3) is 3.69. The second kappa shape index (κ2) is 7.72. The van der Waals surface area contributed by atoms with Gasteiger partial charge in [-0.15, -0.1) is 11.3 Å². The second-order valence-corrected chi connectivity index (χ2v) is 11.2. The molecule has 28 heavy (non-hydrogen) atoms. The summed E-state index contributed by atoms with van der Waals surface area (Å²) in [6, 6.07) is 8.86. The summed E-state index contributed by atoms with van der Waals surface area (Å²) in [6.07, 6.45) is 1.28. The van der Waals surface area contributed by atoms with Crippen LogP contribution in [0.4, 0.5) is 0 Å². The van der Waals surface area contributed by atoms with E-state index in [9.17, 15) is 13.2 Å². The van der Waals surface area contributed by atoms with E-state index in [2.05, 4.69) is 4.99 Å². The molecule has 10 heteroatoms. The van der Waals surface area contributed by atoms with Gasteiger partial charge in [-0.2, -0.15) is 9.30 Å². The predicted molar refractivity (Wildman–Crippen MR) is 112 cm³/mol. The fourth-order valence-electron chi connectivity index (χ4n) is 3.30. The van der Waals surface area contributed by atoms with Gasteiger partial charge in [0.2, 0.25) is 0 Å². The van der Waals surface area contributed by atoms with E-state index in [0.29, 0.717) is 33.4 Å². The molecule has 0 radical (unpaired) electrons. The average Bonchev–Trinajstić information content (AvgIpc) is 3.31. The molecule has 1 aliphatic heterocycles. The lowest BCUT2D eigenvalue weighted by Crippen LogP contribution is -2.42. The quantitative estimate of drug-likeness (QED) is 0.607. The molecule has 1 aliphatic rings. The Bertz CT molecular complexity index is 1200. The van der Waals surface area contributed by atoms with Crippen molar-refractivity contribution >= 4 is 60.4 Å². The number of carbonyl (C=O) groups is 1. The van der Waals surface area contributed by atoms with Crippen LogP contribution in [0.5, 0.6) is 0 Å². The fraction of sp³-hybridized carbons (Fsp3) is 0.333. The van der Waals surface area contributed by atoms with Crippen LogP contribution in [-0.4, -0.2) is 36.3 Å². The molecule has 1 fully saturated rings. The maximum absolute atomic E-state index is 12.8. The molecule has 1 atom stereocenters. The molecule has 1 amide bonds. The molecule has 4 rings (SSSR count). The molecule has 6 nitrogen and oxygen atoms in total. The first-order valence-corrected chi connectivity index (χ1v) is 12.2. The van der Waals surface area contributed by atoms with Crippen molar-refractivity contribution < 1.29 is 13.2 Å². The highest BCUT2D eigenvalue weighted by Gasteiger charge is 2.33. The molecule has 1 saturated heterocycles. The van der Waals surface area contributed by atoms with E-state index in [4.69, 9.17) is 11.6 Å². The van der Waals surface area contributed by atoms with Gasteiger partial charge in [0.1, 0.15) is 4.21 Å². The lowest BCUT2D eigenvalue weighted by atomic mass is 9.99. The van der Waals surface area contributed by atoms with E-state index in [1.165, 1.54) is 27.0 Å². The predicted octanol–water partition coefficient (Wildman–Crippen LogP) is 3.48. The lowest BCUT2D eigenvalue weighted by Gasteiger charge is -2.29. The van der Waals surface area contributed by atoms with E-state index in [1.807, 2.05) is 23.7 Å². The van der Waals surface area contributed by atoms with Crippen molar-refractivity contribution in [1.29, 1.82) is 0 Å². The normalized spacial score (nSPS) is 19.4. The smallest absolute Gasteiger partial charge is 0.252 e. The van der Waals surface area contributed by atoms with E-state index < -0.39 is 15.9 Å². The molecule has 3 heterocycles. The number of thiophene rings is 1. The molecule has 1 aromatic carbocycles. The van der Waals surface area contributed by atoms with Crippen molar-refractivity contribution in [2.45, 2.75) is 17.1 Å². The molecule has 0 aliphatic carbocycles. The third-order valence-electron chi connectivity index (χ3n) is 4.80. The topological polar surface area (TPSA) is 71.7 Å². The Morgan fingerprint density at radius 3 is 2.89 bits per heavy atom. The number of benzene rings is 1.